The van der Waals surface area contributed by atoms with E-state index in [9.17, 15) is 8.42 Å². The first-order valence-corrected chi connectivity index (χ1v) is 11.8. The van der Waals surface area contributed by atoms with Gasteiger partial charge in [0.15, 0.2) is 5.96 Å². The molecule has 0 aromatic carbocycles. The zero-order chi connectivity index (χ0) is 19.0. The maximum atomic E-state index is 11.6. The third kappa shape index (κ3) is 8.82. The Labute approximate surface area is 182 Å². The van der Waals surface area contributed by atoms with Gasteiger partial charge in [-0.05, 0) is 50.9 Å². The van der Waals surface area contributed by atoms with Crippen LogP contribution in [0.4, 0.5) is 0 Å². The fourth-order valence-electron chi connectivity index (χ4n) is 3.63. The standard InChI is InChI=1S/C18H36N4O3S.HI/c1-4-19-18(21(2)10-5-16-8-13-25-14-9-16)20-15-17-6-11-22(12-7-17)26(3,23)24;/h16-17H,4-15H2,1-3H3,(H,19,20);1H. The lowest BCUT2D eigenvalue weighted by Gasteiger charge is -2.30. The molecule has 160 valence electrons. The van der Waals surface area contributed by atoms with Crippen LogP contribution in [-0.2, 0) is 14.8 Å². The average molecular weight is 516 g/mol. The summed E-state index contributed by atoms with van der Waals surface area (Å²) < 4.78 is 30.2. The van der Waals surface area contributed by atoms with Crippen LogP contribution < -0.4 is 5.32 Å². The maximum absolute atomic E-state index is 11.6. The number of hydrogen-bond acceptors (Lipinski definition) is 4. The van der Waals surface area contributed by atoms with Gasteiger partial charge in [-0.25, -0.2) is 12.7 Å². The minimum atomic E-state index is -3.05. The molecule has 0 atom stereocenters. The molecule has 0 unspecified atom stereocenters. The summed E-state index contributed by atoms with van der Waals surface area (Å²) in [5.74, 6) is 2.19. The van der Waals surface area contributed by atoms with Crippen molar-refractivity contribution in [2.45, 2.75) is 39.0 Å². The highest BCUT2D eigenvalue weighted by Gasteiger charge is 2.25. The minimum absolute atomic E-state index is 0. The summed E-state index contributed by atoms with van der Waals surface area (Å²) in [6.45, 7) is 7.75. The molecule has 0 aromatic rings. The Hall–Kier alpha value is -0.130. The molecule has 1 N–H and O–H groups in total. The van der Waals surface area contributed by atoms with Gasteiger partial charge in [0.1, 0.15) is 0 Å². The zero-order valence-electron chi connectivity index (χ0n) is 17.0. The number of rotatable bonds is 7. The van der Waals surface area contributed by atoms with Crippen LogP contribution in [-0.4, -0.2) is 82.8 Å². The van der Waals surface area contributed by atoms with Crippen molar-refractivity contribution in [3.05, 3.63) is 0 Å². The summed E-state index contributed by atoms with van der Waals surface area (Å²) in [5, 5.41) is 3.39. The van der Waals surface area contributed by atoms with Crippen molar-refractivity contribution in [3.63, 3.8) is 0 Å². The van der Waals surface area contributed by atoms with E-state index in [4.69, 9.17) is 9.73 Å². The fourth-order valence-corrected chi connectivity index (χ4v) is 4.50. The van der Waals surface area contributed by atoms with Crippen molar-refractivity contribution >= 4 is 40.0 Å². The van der Waals surface area contributed by atoms with Gasteiger partial charge in [0.05, 0.1) is 6.26 Å². The highest BCUT2D eigenvalue weighted by Crippen LogP contribution is 2.20. The van der Waals surface area contributed by atoms with Gasteiger partial charge in [-0.1, -0.05) is 0 Å². The minimum Gasteiger partial charge on any atom is -0.381 e. The van der Waals surface area contributed by atoms with Crippen LogP contribution in [0.25, 0.3) is 0 Å². The third-order valence-corrected chi connectivity index (χ3v) is 6.76. The second kappa shape index (κ2) is 12.4. The summed E-state index contributed by atoms with van der Waals surface area (Å²) in [7, 11) is -0.948. The first-order valence-electron chi connectivity index (χ1n) is 9.92. The molecule has 9 heteroatoms. The lowest BCUT2D eigenvalue weighted by atomic mass is 9.96. The molecule has 0 spiro atoms. The van der Waals surface area contributed by atoms with E-state index in [0.29, 0.717) is 19.0 Å². The number of nitrogens with one attached hydrogen (secondary N) is 1. The molecule has 0 amide bonds. The van der Waals surface area contributed by atoms with Crippen molar-refractivity contribution in [1.82, 2.24) is 14.5 Å². The van der Waals surface area contributed by atoms with Crippen molar-refractivity contribution < 1.29 is 13.2 Å². The molecule has 2 aliphatic heterocycles. The zero-order valence-corrected chi connectivity index (χ0v) is 20.2. The molecule has 0 aromatic heterocycles. The van der Waals surface area contributed by atoms with Crippen molar-refractivity contribution in [2.24, 2.45) is 16.8 Å². The number of hydrogen-bond donors (Lipinski definition) is 1. The van der Waals surface area contributed by atoms with Crippen molar-refractivity contribution in [3.8, 4) is 0 Å². The van der Waals surface area contributed by atoms with Crippen LogP contribution in [0.1, 0.15) is 39.0 Å². The lowest BCUT2D eigenvalue weighted by molar-refractivity contribution is 0.0625. The SMILES string of the molecule is CCNC(=NCC1CCN(S(C)(=O)=O)CC1)N(C)CCC1CCOCC1.I. The molecule has 2 heterocycles. The molecule has 0 radical (unpaired) electrons. The van der Waals surface area contributed by atoms with Crippen LogP contribution in [0, 0.1) is 11.8 Å². The summed E-state index contributed by atoms with van der Waals surface area (Å²) in [6, 6.07) is 0. The van der Waals surface area contributed by atoms with E-state index in [-0.39, 0.29) is 24.0 Å². The third-order valence-electron chi connectivity index (χ3n) is 5.45. The summed E-state index contributed by atoms with van der Waals surface area (Å²) in [6.07, 6.45) is 6.59. The normalized spacial score (nSPS) is 20.9. The molecule has 0 saturated carbocycles. The predicted molar refractivity (Wildman–Crippen MR) is 121 cm³/mol. The first-order chi connectivity index (χ1) is 12.4. The number of aliphatic imine (C=N–C) groups is 1. The van der Waals surface area contributed by atoms with E-state index in [0.717, 1.165) is 57.6 Å². The van der Waals surface area contributed by atoms with Crippen LogP contribution in [0.5, 0.6) is 0 Å². The highest BCUT2D eigenvalue weighted by molar-refractivity contribution is 14.0. The van der Waals surface area contributed by atoms with E-state index >= 15 is 0 Å². The van der Waals surface area contributed by atoms with Crippen LogP contribution in [0.2, 0.25) is 0 Å². The van der Waals surface area contributed by atoms with E-state index in [1.807, 2.05) is 0 Å². The number of guanidine groups is 1. The second-order valence-corrected chi connectivity index (χ2v) is 9.55. The maximum Gasteiger partial charge on any atom is 0.211 e. The van der Waals surface area contributed by atoms with E-state index < -0.39 is 10.0 Å². The van der Waals surface area contributed by atoms with Gasteiger partial charge in [0, 0.05) is 53.0 Å². The molecule has 2 rings (SSSR count). The van der Waals surface area contributed by atoms with Gasteiger partial charge in [0.2, 0.25) is 10.0 Å². The second-order valence-electron chi connectivity index (χ2n) is 7.57. The summed E-state index contributed by atoms with van der Waals surface area (Å²) >= 11 is 0. The molecule has 0 aliphatic carbocycles. The van der Waals surface area contributed by atoms with Gasteiger partial charge in [0.25, 0.3) is 0 Å². The molecule has 2 fully saturated rings. The highest BCUT2D eigenvalue weighted by atomic mass is 127. The number of halogens is 1. The van der Waals surface area contributed by atoms with E-state index in [1.54, 1.807) is 4.31 Å². The number of sulfonamides is 1. The van der Waals surface area contributed by atoms with Crippen molar-refractivity contribution in [1.29, 1.82) is 0 Å². The summed E-state index contributed by atoms with van der Waals surface area (Å²) in [4.78, 5) is 7.05. The Bertz CT molecular complexity index is 545. The smallest absolute Gasteiger partial charge is 0.211 e. The predicted octanol–water partition coefficient (Wildman–Crippen LogP) is 1.99. The Kier molecular flexibility index (Phi) is 11.5. The molecule has 2 aliphatic rings. The van der Waals surface area contributed by atoms with Crippen LogP contribution >= 0.6 is 24.0 Å². The van der Waals surface area contributed by atoms with Crippen molar-refractivity contribution in [2.75, 3.05) is 59.2 Å². The fraction of sp³-hybridized carbons (Fsp3) is 0.944. The van der Waals surface area contributed by atoms with Crippen LogP contribution in [0.3, 0.4) is 0 Å². The molecule has 7 nitrogen and oxygen atoms in total. The Morgan fingerprint density at radius 2 is 1.81 bits per heavy atom. The molecule has 27 heavy (non-hydrogen) atoms. The van der Waals surface area contributed by atoms with Gasteiger partial charge in [-0.2, -0.15) is 0 Å². The molecule has 0 bridgehead atoms. The lowest BCUT2D eigenvalue weighted by Crippen LogP contribution is -2.41. The van der Waals surface area contributed by atoms with Gasteiger partial charge >= 0.3 is 0 Å². The largest absolute Gasteiger partial charge is 0.381 e. The summed E-state index contributed by atoms with van der Waals surface area (Å²) in [5.41, 5.74) is 0. The first kappa shape index (κ1) is 24.9. The quantitative estimate of drug-likeness (QED) is 0.318. The van der Waals surface area contributed by atoms with E-state index in [1.165, 1.54) is 25.5 Å². The molecular weight excluding hydrogens is 479 g/mol. The number of nitrogens with zero attached hydrogens (tertiary/aromatic N) is 3. The monoisotopic (exact) mass is 516 g/mol. The van der Waals surface area contributed by atoms with Gasteiger partial charge < -0.3 is 15.0 Å². The van der Waals surface area contributed by atoms with Gasteiger partial charge in [-0.3, -0.25) is 4.99 Å². The molecule has 2 saturated heterocycles. The Morgan fingerprint density at radius 1 is 1.19 bits per heavy atom. The number of ether oxygens (including phenoxy) is 1. The number of piperidine rings is 1. The van der Waals surface area contributed by atoms with Gasteiger partial charge in [-0.15, -0.1) is 24.0 Å². The topological polar surface area (TPSA) is 74.2 Å². The Balaban J connectivity index is 0.00000364. The average Bonchev–Trinajstić information content (AvgIpc) is 2.63. The Morgan fingerprint density at radius 3 is 2.37 bits per heavy atom. The van der Waals surface area contributed by atoms with Crippen LogP contribution in [0.15, 0.2) is 4.99 Å². The molecular formula is C18H37IN4O3S. The van der Waals surface area contributed by atoms with E-state index in [2.05, 4.69) is 24.2 Å².